The number of ketones is 1. The van der Waals surface area contributed by atoms with Gasteiger partial charge in [0.15, 0.2) is 5.78 Å². The monoisotopic (exact) mass is 357 g/mol. The molecular formula is C22H19N3O2. The fourth-order valence-electron chi connectivity index (χ4n) is 2.67. The Labute approximate surface area is 157 Å². The summed E-state index contributed by atoms with van der Waals surface area (Å²) in [4.78, 5) is 34.3. The van der Waals surface area contributed by atoms with Crippen molar-refractivity contribution >= 4 is 36.3 Å². The lowest BCUT2D eigenvalue weighted by Crippen LogP contribution is -1.88. The number of benzene rings is 1. The zero-order valence-electron chi connectivity index (χ0n) is 15.1. The topological polar surface area (TPSA) is 75.2 Å². The Hall–Kier alpha value is -3.60. The normalized spacial score (nSPS) is 11.3. The van der Waals surface area contributed by atoms with E-state index in [-0.39, 0.29) is 5.78 Å². The van der Waals surface area contributed by atoms with Gasteiger partial charge in [0.2, 0.25) is 0 Å². The molecule has 0 aliphatic carbocycles. The summed E-state index contributed by atoms with van der Waals surface area (Å²) in [6, 6.07) is 12.9. The van der Waals surface area contributed by atoms with Gasteiger partial charge in [-0.3, -0.25) is 14.6 Å². The van der Waals surface area contributed by atoms with Crippen LogP contribution in [0.15, 0.2) is 53.7 Å². The van der Waals surface area contributed by atoms with Crippen molar-refractivity contribution in [2.45, 2.75) is 13.8 Å². The number of aldehydes is 1. The van der Waals surface area contributed by atoms with Gasteiger partial charge in [-0.05, 0) is 43.7 Å². The number of aliphatic imine (C=N–C) groups is 1. The molecule has 134 valence electrons. The van der Waals surface area contributed by atoms with Gasteiger partial charge in [-0.1, -0.05) is 30.3 Å². The van der Waals surface area contributed by atoms with Crippen LogP contribution in [0.25, 0.3) is 23.4 Å². The molecule has 0 saturated carbocycles. The van der Waals surface area contributed by atoms with E-state index in [9.17, 15) is 9.59 Å². The summed E-state index contributed by atoms with van der Waals surface area (Å²) in [5.74, 6) is 0.523. The van der Waals surface area contributed by atoms with E-state index in [2.05, 4.69) is 15.0 Å². The van der Waals surface area contributed by atoms with E-state index < -0.39 is 0 Å². The predicted molar refractivity (Wildman–Crippen MR) is 109 cm³/mol. The molecule has 1 N–H and O–H groups in total. The third-order valence-electron chi connectivity index (χ3n) is 4.05. The van der Waals surface area contributed by atoms with Gasteiger partial charge >= 0.3 is 0 Å². The van der Waals surface area contributed by atoms with E-state index in [0.29, 0.717) is 16.9 Å². The zero-order chi connectivity index (χ0) is 19.2. The second-order valence-corrected chi connectivity index (χ2v) is 5.98. The molecule has 0 bridgehead atoms. The summed E-state index contributed by atoms with van der Waals surface area (Å²) < 4.78 is 0. The lowest BCUT2D eigenvalue weighted by Gasteiger charge is -2.00. The highest BCUT2D eigenvalue weighted by atomic mass is 16.1. The summed E-state index contributed by atoms with van der Waals surface area (Å²) in [7, 11) is 0. The van der Waals surface area contributed by atoms with Gasteiger partial charge in [0, 0.05) is 29.2 Å². The van der Waals surface area contributed by atoms with Crippen molar-refractivity contribution in [1.82, 2.24) is 9.97 Å². The van der Waals surface area contributed by atoms with Crippen molar-refractivity contribution in [2.24, 2.45) is 4.99 Å². The number of carbonyl (C=O) groups is 2. The highest BCUT2D eigenvalue weighted by Gasteiger charge is 2.12. The molecule has 1 aromatic carbocycles. The molecule has 2 aromatic heterocycles. The smallest absolute Gasteiger partial charge is 0.163 e. The minimum absolute atomic E-state index is 0.0361. The quantitative estimate of drug-likeness (QED) is 0.384. The SMILES string of the molecule is C/C=N\c1[nH]c(-c2ccnc(/C=C/c3ccc(C=O)cc3)c2)cc1C(C)=O. The van der Waals surface area contributed by atoms with E-state index in [1.54, 1.807) is 31.5 Å². The molecular weight excluding hydrogens is 338 g/mol. The Morgan fingerprint density at radius 1 is 1.07 bits per heavy atom. The number of H-pyrrole nitrogens is 1. The van der Waals surface area contributed by atoms with Crippen LogP contribution in [0.1, 0.15) is 45.8 Å². The Morgan fingerprint density at radius 2 is 1.81 bits per heavy atom. The molecule has 0 atom stereocenters. The summed E-state index contributed by atoms with van der Waals surface area (Å²) in [5, 5.41) is 0. The average molecular weight is 357 g/mol. The number of hydrogen-bond acceptors (Lipinski definition) is 4. The van der Waals surface area contributed by atoms with Gasteiger partial charge in [-0.2, -0.15) is 0 Å². The van der Waals surface area contributed by atoms with E-state index in [1.165, 1.54) is 6.92 Å². The average Bonchev–Trinajstić information content (AvgIpc) is 3.12. The number of aromatic nitrogens is 2. The van der Waals surface area contributed by atoms with E-state index in [4.69, 9.17) is 0 Å². The van der Waals surface area contributed by atoms with Crippen molar-refractivity contribution in [3.05, 3.63) is 71.0 Å². The van der Waals surface area contributed by atoms with Gasteiger partial charge in [-0.25, -0.2) is 4.99 Å². The van der Waals surface area contributed by atoms with Gasteiger partial charge in [0.25, 0.3) is 0 Å². The minimum atomic E-state index is -0.0361. The lowest BCUT2D eigenvalue weighted by atomic mass is 10.1. The first-order valence-corrected chi connectivity index (χ1v) is 8.53. The molecule has 27 heavy (non-hydrogen) atoms. The summed E-state index contributed by atoms with van der Waals surface area (Å²) in [6.45, 7) is 3.33. The van der Waals surface area contributed by atoms with Gasteiger partial charge in [0.05, 0.1) is 11.3 Å². The molecule has 5 heteroatoms. The van der Waals surface area contributed by atoms with E-state index in [0.717, 1.165) is 28.8 Å². The number of nitrogens with one attached hydrogen (secondary N) is 1. The van der Waals surface area contributed by atoms with E-state index >= 15 is 0 Å². The molecule has 0 radical (unpaired) electrons. The van der Waals surface area contributed by atoms with Gasteiger partial charge in [0.1, 0.15) is 12.1 Å². The fraction of sp³-hybridized carbons (Fsp3) is 0.0909. The standard InChI is InChI=1S/C22H19N3O2/c1-3-23-22-20(15(2)27)13-21(25-22)18-10-11-24-19(12-18)9-8-16-4-6-17(14-26)7-5-16/h3-14,25H,1-2H3/b9-8+,23-3-. The van der Waals surface area contributed by atoms with Crippen LogP contribution in [0.5, 0.6) is 0 Å². The minimum Gasteiger partial charge on any atom is -0.339 e. The number of Topliss-reactive ketones (excluding diaryl/α,β-unsaturated/α-hetero) is 1. The number of pyridine rings is 1. The van der Waals surface area contributed by atoms with E-state index in [1.807, 2.05) is 42.5 Å². The summed E-state index contributed by atoms with van der Waals surface area (Å²) in [6.07, 6.45) is 8.03. The van der Waals surface area contributed by atoms with Crippen molar-refractivity contribution in [1.29, 1.82) is 0 Å². The van der Waals surface area contributed by atoms with Crippen molar-refractivity contribution in [3.63, 3.8) is 0 Å². The van der Waals surface area contributed by atoms with Crippen LogP contribution >= 0.6 is 0 Å². The molecule has 0 saturated heterocycles. The third-order valence-corrected chi connectivity index (χ3v) is 4.05. The molecule has 3 rings (SSSR count). The van der Waals surface area contributed by atoms with Gasteiger partial charge < -0.3 is 4.98 Å². The molecule has 3 aromatic rings. The Kier molecular flexibility index (Phi) is 5.52. The number of nitrogens with zero attached hydrogens (tertiary/aromatic N) is 2. The molecule has 0 unspecified atom stereocenters. The molecule has 0 aliphatic rings. The van der Waals surface area contributed by atoms with Crippen LogP contribution in [0.3, 0.4) is 0 Å². The van der Waals surface area contributed by atoms with Crippen LogP contribution in [-0.4, -0.2) is 28.3 Å². The van der Waals surface area contributed by atoms with Gasteiger partial charge in [-0.15, -0.1) is 0 Å². The second kappa shape index (κ2) is 8.19. The lowest BCUT2D eigenvalue weighted by molar-refractivity contribution is 0.101. The zero-order valence-corrected chi connectivity index (χ0v) is 15.1. The molecule has 5 nitrogen and oxygen atoms in total. The largest absolute Gasteiger partial charge is 0.339 e. The molecule has 2 heterocycles. The third kappa shape index (κ3) is 4.33. The van der Waals surface area contributed by atoms with Crippen LogP contribution in [0.2, 0.25) is 0 Å². The number of carbonyl (C=O) groups excluding carboxylic acids is 2. The first-order chi connectivity index (χ1) is 13.1. The number of hydrogen-bond donors (Lipinski definition) is 1. The maximum absolute atomic E-state index is 11.8. The van der Waals surface area contributed by atoms with Crippen LogP contribution in [0.4, 0.5) is 5.82 Å². The highest BCUT2D eigenvalue weighted by Crippen LogP contribution is 2.27. The number of aromatic amines is 1. The summed E-state index contributed by atoms with van der Waals surface area (Å²) >= 11 is 0. The second-order valence-electron chi connectivity index (χ2n) is 5.98. The Balaban J connectivity index is 1.89. The van der Waals surface area contributed by atoms with Crippen molar-refractivity contribution in [2.75, 3.05) is 0 Å². The predicted octanol–water partition coefficient (Wildman–Crippen LogP) is 4.98. The Bertz CT molecular complexity index is 1030. The molecule has 0 spiro atoms. The molecule has 0 fully saturated rings. The van der Waals surface area contributed by atoms with Crippen LogP contribution in [-0.2, 0) is 0 Å². The first-order valence-electron chi connectivity index (χ1n) is 8.53. The summed E-state index contributed by atoms with van der Waals surface area (Å²) in [5.41, 5.74) is 4.70. The molecule has 0 aliphatic heterocycles. The maximum atomic E-state index is 11.8. The van der Waals surface area contributed by atoms with Crippen LogP contribution < -0.4 is 0 Å². The van der Waals surface area contributed by atoms with Crippen molar-refractivity contribution in [3.8, 4) is 11.3 Å². The molecule has 0 amide bonds. The highest BCUT2D eigenvalue weighted by molar-refractivity contribution is 6.00. The first kappa shape index (κ1) is 18.2. The maximum Gasteiger partial charge on any atom is 0.163 e. The fourth-order valence-corrected chi connectivity index (χ4v) is 2.67. The Morgan fingerprint density at radius 3 is 2.48 bits per heavy atom. The van der Waals surface area contributed by atoms with Crippen molar-refractivity contribution < 1.29 is 9.59 Å². The number of rotatable bonds is 6. The van der Waals surface area contributed by atoms with Crippen LogP contribution in [0, 0.1) is 0 Å².